The van der Waals surface area contributed by atoms with E-state index in [0.29, 0.717) is 5.56 Å². The molecule has 0 atom stereocenters. The van der Waals surface area contributed by atoms with Crippen molar-refractivity contribution in [3.05, 3.63) is 99.4 Å². The monoisotopic (exact) mass is 533 g/mol. The first-order chi connectivity index (χ1) is 18.3. The maximum Gasteiger partial charge on any atom is 0.153 e. The SMILES string of the molecule is CCCCCCC#Cc1ccc(C#Cc2cc(F)c(C#Cc3cc(F)c(N=C=S)c(F)c3)c(F)c2)c(F)c1. The van der Waals surface area contributed by atoms with Crippen LogP contribution in [-0.2, 0) is 0 Å². The van der Waals surface area contributed by atoms with E-state index in [1.165, 1.54) is 12.1 Å². The number of isothiocyanates is 1. The highest BCUT2D eigenvalue weighted by Gasteiger charge is 2.11. The summed E-state index contributed by atoms with van der Waals surface area (Å²) in [6.45, 7) is 2.13. The van der Waals surface area contributed by atoms with E-state index in [1.807, 2.05) is 5.16 Å². The second kappa shape index (κ2) is 13.9. The highest BCUT2D eigenvalue weighted by molar-refractivity contribution is 7.78. The van der Waals surface area contributed by atoms with Crippen LogP contribution in [0.4, 0.5) is 27.6 Å². The third-order valence-corrected chi connectivity index (χ3v) is 5.34. The van der Waals surface area contributed by atoms with E-state index in [9.17, 15) is 22.0 Å². The van der Waals surface area contributed by atoms with Crippen molar-refractivity contribution in [1.82, 2.24) is 0 Å². The van der Waals surface area contributed by atoms with Crippen molar-refractivity contribution in [3.8, 4) is 35.5 Å². The van der Waals surface area contributed by atoms with Crippen LogP contribution in [0.5, 0.6) is 0 Å². The molecule has 0 aliphatic heterocycles. The molecule has 0 amide bonds. The van der Waals surface area contributed by atoms with Gasteiger partial charge in [0.1, 0.15) is 23.1 Å². The molecule has 0 radical (unpaired) electrons. The van der Waals surface area contributed by atoms with E-state index < -0.39 is 40.3 Å². The van der Waals surface area contributed by atoms with Gasteiger partial charge in [-0.05, 0) is 61.1 Å². The smallest absolute Gasteiger partial charge is 0.153 e. The van der Waals surface area contributed by atoms with Crippen molar-refractivity contribution in [1.29, 1.82) is 0 Å². The van der Waals surface area contributed by atoms with Gasteiger partial charge in [-0.3, -0.25) is 0 Å². The van der Waals surface area contributed by atoms with Gasteiger partial charge in [0, 0.05) is 23.1 Å². The summed E-state index contributed by atoms with van der Waals surface area (Å²) in [7, 11) is 0. The summed E-state index contributed by atoms with van der Waals surface area (Å²) in [6, 6.07) is 7.95. The zero-order chi connectivity index (χ0) is 27.5. The fourth-order valence-corrected chi connectivity index (χ4v) is 3.42. The lowest BCUT2D eigenvalue weighted by Crippen LogP contribution is -1.93. The van der Waals surface area contributed by atoms with E-state index in [4.69, 9.17) is 0 Å². The molecule has 0 fully saturated rings. The molecule has 0 saturated heterocycles. The number of thiocarbonyl (C=S) groups is 1. The molecule has 38 heavy (non-hydrogen) atoms. The van der Waals surface area contributed by atoms with Crippen LogP contribution in [0.3, 0.4) is 0 Å². The predicted molar refractivity (Wildman–Crippen MR) is 141 cm³/mol. The Morgan fingerprint density at radius 3 is 1.87 bits per heavy atom. The molecule has 1 nitrogen and oxygen atoms in total. The molecular weight excluding hydrogens is 513 g/mol. The lowest BCUT2D eigenvalue weighted by molar-refractivity contribution is 0.577. The quantitative estimate of drug-likeness (QED) is 0.106. The molecule has 0 N–H and O–H groups in total. The first-order valence-electron chi connectivity index (χ1n) is 11.7. The Morgan fingerprint density at radius 1 is 0.658 bits per heavy atom. The lowest BCUT2D eigenvalue weighted by atomic mass is 10.1. The molecule has 3 aromatic carbocycles. The van der Waals surface area contributed by atoms with Crippen molar-refractivity contribution in [3.63, 3.8) is 0 Å². The normalized spacial score (nSPS) is 9.74. The molecule has 0 aliphatic rings. The number of hydrogen-bond donors (Lipinski definition) is 0. The average Bonchev–Trinajstić information content (AvgIpc) is 2.87. The molecule has 3 rings (SSSR count). The fraction of sp³-hybridized carbons (Fsp3) is 0.194. The topological polar surface area (TPSA) is 12.4 Å². The highest BCUT2D eigenvalue weighted by atomic mass is 32.1. The van der Waals surface area contributed by atoms with Gasteiger partial charge in [-0.15, -0.1) is 0 Å². The molecule has 0 unspecified atom stereocenters. The number of nitrogens with zero attached hydrogens (tertiary/aromatic N) is 1. The Hall–Kier alpha value is -4.21. The van der Waals surface area contributed by atoms with Crippen LogP contribution in [0.15, 0.2) is 47.5 Å². The minimum atomic E-state index is -1.05. The maximum atomic E-state index is 14.5. The lowest BCUT2D eigenvalue weighted by Gasteiger charge is -2.00. The summed E-state index contributed by atoms with van der Waals surface area (Å²) in [5.74, 6) is 10.8. The van der Waals surface area contributed by atoms with Crippen molar-refractivity contribution in [2.75, 3.05) is 0 Å². The van der Waals surface area contributed by atoms with Crippen molar-refractivity contribution < 1.29 is 22.0 Å². The largest absolute Gasteiger partial charge is 0.206 e. The number of halogens is 5. The van der Waals surface area contributed by atoms with Crippen LogP contribution in [-0.4, -0.2) is 5.16 Å². The summed E-state index contributed by atoms with van der Waals surface area (Å²) in [5, 5.41) is 1.86. The molecule has 0 saturated carbocycles. The van der Waals surface area contributed by atoms with Crippen LogP contribution in [0.1, 0.15) is 66.8 Å². The maximum absolute atomic E-state index is 14.5. The summed E-state index contributed by atoms with van der Waals surface area (Å²) < 4.78 is 71.4. The molecule has 3 aromatic rings. The first kappa shape index (κ1) is 28.4. The summed E-state index contributed by atoms with van der Waals surface area (Å²) in [5.41, 5.74) is -0.881. The van der Waals surface area contributed by atoms with Crippen LogP contribution >= 0.6 is 12.2 Å². The molecule has 0 spiro atoms. The number of unbranched alkanes of at least 4 members (excludes halogenated alkanes) is 4. The molecule has 7 heteroatoms. The van der Waals surface area contributed by atoms with Gasteiger partial charge in [-0.1, -0.05) is 61.7 Å². The van der Waals surface area contributed by atoms with Crippen LogP contribution in [0.2, 0.25) is 0 Å². The van der Waals surface area contributed by atoms with Crippen LogP contribution in [0, 0.1) is 64.6 Å². The number of aliphatic imine (C=N–C) groups is 1. The van der Waals surface area contributed by atoms with Gasteiger partial charge in [0.05, 0.1) is 16.3 Å². The van der Waals surface area contributed by atoms with Gasteiger partial charge in [-0.2, -0.15) is 4.99 Å². The Morgan fingerprint density at radius 2 is 1.26 bits per heavy atom. The number of hydrogen-bond acceptors (Lipinski definition) is 2. The number of benzene rings is 3. The van der Waals surface area contributed by atoms with Gasteiger partial charge in [0.25, 0.3) is 0 Å². The summed E-state index contributed by atoms with van der Waals surface area (Å²) >= 11 is 4.33. The molecule has 0 aromatic heterocycles. The molecule has 0 aliphatic carbocycles. The highest BCUT2D eigenvalue weighted by Crippen LogP contribution is 2.23. The average molecular weight is 534 g/mol. The molecular formula is C31H20F5NS. The molecule has 0 bridgehead atoms. The van der Waals surface area contributed by atoms with E-state index in [2.05, 4.69) is 59.7 Å². The van der Waals surface area contributed by atoms with Gasteiger partial charge < -0.3 is 0 Å². The minimum absolute atomic E-state index is 0.0413. The van der Waals surface area contributed by atoms with Crippen molar-refractivity contribution >= 4 is 23.1 Å². The Bertz CT molecular complexity index is 1540. The molecule has 190 valence electrons. The second-order valence-electron chi connectivity index (χ2n) is 8.11. The third kappa shape index (κ3) is 7.89. The van der Waals surface area contributed by atoms with Gasteiger partial charge in [-0.25, -0.2) is 22.0 Å². The zero-order valence-corrected chi connectivity index (χ0v) is 21.1. The van der Waals surface area contributed by atoms with Gasteiger partial charge in [0.2, 0.25) is 0 Å². The Kier molecular flexibility index (Phi) is 10.4. The molecule has 0 heterocycles. The third-order valence-electron chi connectivity index (χ3n) is 5.25. The van der Waals surface area contributed by atoms with E-state index in [-0.39, 0.29) is 16.7 Å². The first-order valence-corrected chi connectivity index (χ1v) is 12.1. The predicted octanol–water partition coefficient (Wildman–Crippen LogP) is 8.24. The van der Waals surface area contributed by atoms with Crippen molar-refractivity contribution in [2.24, 2.45) is 4.99 Å². The number of rotatable bonds is 5. The van der Waals surface area contributed by atoms with E-state index in [0.717, 1.165) is 56.4 Å². The second-order valence-corrected chi connectivity index (χ2v) is 8.30. The Balaban J connectivity index is 1.77. The van der Waals surface area contributed by atoms with Gasteiger partial charge >= 0.3 is 0 Å². The zero-order valence-electron chi connectivity index (χ0n) is 20.3. The van der Waals surface area contributed by atoms with Crippen LogP contribution < -0.4 is 0 Å². The van der Waals surface area contributed by atoms with Crippen LogP contribution in [0.25, 0.3) is 0 Å². The van der Waals surface area contributed by atoms with Gasteiger partial charge in [0.15, 0.2) is 11.6 Å². The van der Waals surface area contributed by atoms with E-state index >= 15 is 0 Å². The van der Waals surface area contributed by atoms with E-state index in [1.54, 1.807) is 6.07 Å². The fourth-order valence-electron chi connectivity index (χ4n) is 3.33. The Labute approximate surface area is 223 Å². The van der Waals surface area contributed by atoms with Crippen molar-refractivity contribution in [2.45, 2.75) is 39.0 Å². The summed E-state index contributed by atoms with van der Waals surface area (Å²) in [6.07, 6.45) is 5.16. The minimum Gasteiger partial charge on any atom is -0.206 e. The summed E-state index contributed by atoms with van der Waals surface area (Å²) in [4.78, 5) is 3.28. The standard InChI is InChI=1S/C31H20F5NS/c1-2-3-4-5-6-7-8-21-9-12-24(26(32)15-21)13-10-22-16-27(33)25(28(34)17-22)14-11-23-18-29(35)31(37-20-38)30(36)19-23/h9,12,15-19H,2-6H2,1H3.